The average Bonchev–Trinajstić information content (AvgIpc) is 2.78. The molecule has 0 radical (unpaired) electrons. The highest BCUT2D eigenvalue weighted by Crippen LogP contribution is 2.19. The lowest BCUT2D eigenvalue weighted by atomic mass is 10.3. The van der Waals surface area contributed by atoms with Crippen molar-refractivity contribution in [1.29, 1.82) is 0 Å². The molecule has 0 unspecified atom stereocenters. The van der Waals surface area contributed by atoms with E-state index in [1.807, 2.05) is 26.0 Å². The zero-order chi connectivity index (χ0) is 14.0. The molecule has 0 aliphatic heterocycles. The number of aryl methyl sites for hydroxylation is 2. The number of hydrogen-bond donors (Lipinski definition) is 0. The molecule has 2 heterocycles. The van der Waals surface area contributed by atoms with Crippen LogP contribution in [0.25, 0.3) is 0 Å². The molecule has 0 N–H and O–H groups in total. The second-order valence-corrected chi connectivity index (χ2v) is 5.04. The van der Waals surface area contributed by atoms with Gasteiger partial charge in [0, 0.05) is 25.5 Å². The largest absolute Gasteiger partial charge is 0.294 e. The van der Waals surface area contributed by atoms with E-state index in [2.05, 4.69) is 26.0 Å². The van der Waals surface area contributed by atoms with Crippen molar-refractivity contribution >= 4 is 27.7 Å². The summed E-state index contributed by atoms with van der Waals surface area (Å²) in [5.74, 6) is 0.431. The SMILES string of the molecule is CCn1cc(Br)c(C(=O)N(C)c2cccc(C)n2)n1. The number of hydrogen-bond acceptors (Lipinski definition) is 3. The van der Waals surface area contributed by atoms with Gasteiger partial charge in [0.05, 0.1) is 4.47 Å². The Morgan fingerprint density at radius 2 is 2.21 bits per heavy atom. The van der Waals surface area contributed by atoms with E-state index in [4.69, 9.17) is 0 Å². The molecule has 0 fully saturated rings. The Morgan fingerprint density at radius 3 is 2.79 bits per heavy atom. The Balaban J connectivity index is 2.30. The number of carbonyl (C=O) groups excluding carboxylic acids is 1. The Bertz CT molecular complexity index is 608. The van der Waals surface area contributed by atoms with Gasteiger partial charge in [0.2, 0.25) is 0 Å². The van der Waals surface area contributed by atoms with E-state index in [-0.39, 0.29) is 5.91 Å². The first kappa shape index (κ1) is 13.7. The number of anilines is 1. The molecule has 0 spiro atoms. The molecule has 6 heteroatoms. The van der Waals surface area contributed by atoms with Gasteiger partial charge >= 0.3 is 0 Å². The molecule has 0 aromatic carbocycles. The van der Waals surface area contributed by atoms with Crippen LogP contribution in [0.1, 0.15) is 23.1 Å². The smallest absolute Gasteiger partial charge is 0.280 e. The van der Waals surface area contributed by atoms with Gasteiger partial charge in [-0.2, -0.15) is 5.10 Å². The lowest BCUT2D eigenvalue weighted by Crippen LogP contribution is -2.28. The Kier molecular flexibility index (Phi) is 3.99. The maximum absolute atomic E-state index is 12.4. The molecule has 2 aromatic heterocycles. The highest BCUT2D eigenvalue weighted by molar-refractivity contribution is 9.10. The van der Waals surface area contributed by atoms with Crippen molar-refractivity contribution in [3.8, 4) is 0 Å². The van der Waals surface area contributed by atoms with E-state index in [9.17, 15) is 4.79 Å². The van der Waals surface area contributed by atoms with Gasteiger partial charge in [-0.05, 0) is 41.9 Å². The molecule has 100 valence electrons. The third-order valence-corrected chi connectivity index (χ3v) is 3.35. The van der Waals surface area contributed by atoms with Gasteiger partial charge in [-0.15, -0.1) is 0 Å². The minimum Gasteiger partial charge on any atom is -0.294 e. The number of amides is 1. The molecular weight excluding hydrogens is 308 g/mol. The first-order chi connectivity index (χ1) is 9.02. The predicted molar refractivity (Wildman–Crippen MR) is 77.3 cm³/mol. The van der Waals surface area contributed by atoms with Gasteiger partial charge in [0.25, 0.3) is 5.91 Å². The van der Waals surface area contributed by atoms with Gasteiger partial charge in [0.15, 0.2) is 5.69 Å². The lowest BCUT2D eigenvalue weighted by molar-refractivity contribution is 0.0986. The fraction of sp³-hybridized carbons (Fsp3) is 0.308. The summed E-state index contributed by atoms with van der Waals surface area (Å²) in [4.78, 5) is 18.2. The topological polar surface area (TPSA) is 51.0 Å². The van der Waals surface area contributed by atoms with Crippen molar-refractivity contribution in [2.45, 2.75) is 20.4 Å². The van der Waals surface area contributed by atoms with Gasteiger partial charge in [0.1, 0.15) is 5.82 Å². The maximum Gasteiger partial charge on any atom is 0.280 e. The summed E-state index contributed by atoms with van der Waals surface area (Å²) in [5.41, 5.74) is 1.27. The summed E-state index contributed by atoms with van der Waals surface area (Å²) < 4.78 is 2.41. The van der Waals surface area contributed by atoms with Crippen molar-refractivity contribution in [3.63, 3.8) is 0 Å². The van der Waals surface area contributed by atoms with Crippen LogP contribution in [-0.4, -0.2) is 27.7 Å². The summed E-state index contributed by atoms with van der Waals surface area (Å²) in [7, 11) is 1.70. The quantitative estimate of drug-likeness (QED) is 0.872. The van der Waals surface area contributed by atoms with E-state index in [0.717, 1.165) is 12.2 Å². The first-order valence-corrected chi connectivity index (χ1v) is 6.77. The van der Waals surface area contributed by atoms with Gasteiger partial charge < -0.3 is 0 Å². The van der Waals surface area contributed by atoms with Gasteiger partial charge in [-0.1, -0.05) is 6.07 Å². The lowest BCUT2D eigenvalue weighted by Gasteiger charge is -2.15. The van der Waals surface area contributed by atoms with Crippen molar-refractivity contribution in [1.82, 2.24) is 14.8 Å². The van der Waals surface area contributed by atoms with Crippen molar-refractivity contribution in [2.75, 3.05) is 11.9 Å². The number of carbonyl (C=O) groups is 1. The molecule has 0 bridgehead atoms. The monoisotopic (exact) mass is 322 g/mol. The molecule has 2 aromatic rings. The van der Waals surface area contributed by atoms with Crippen LogP contribution in [-0.2, 0) is 6.54 Å². The van der Waals surface area contributed by atoms with E-state index in [1.165, 1.54) is 4.90 Å². The number of pyridine rings is 1. The maximum atomic E-state index is 12.4. The minimum atomic E-state index is -0.183. The summed E-state index contributed by atoms with van der Waals surface area (Å²) in [6, 6.07) is 5.57. The van der Waals surface area contributed by atoms with Crippen LogP contribution >= 0.6 is 15.9 Å². The van der Waals surface area contributed by atoms with E-state index >= 15 is 0 Å². The van der Waals surface area contributed by atoms with Crippen LogP contribution in [0.15, 0.2) is 28.9 Å². The second-order valence-electron chi connectivity index (χ2n) is 4.18. The molecular formula is C13H15BrN4O. The number of nitrogens with zero attached hydrogens (tertiary/aromatic N) is 4. The highest BCUT2D eigenvalue weighted by Gasteiger charge is 2.20. The van der Waals surface area contributed by atoms with Crippen LogP contribution in [0.3, 0.4) is 0 Å². The number of rotatable bonds is 3. The van der Waals surface area contributed by atoms with E-state index < -0.39 is 0 Å². The molecule has 0 saturated heterocycles. The number of halogens is 1. The second kappa shape index (κ2) is 5.52. The molecule has 5 nitrogen and oxygen atoms in total. The summed E-state index contributed by atoms with van der Waals surface area (Å²) in [5, 5.41) is 4.25. The Labute approximate surface area is 120 Å². The summed E-state index contributed by atoms with van der Waals surface area (Å²) >= 11 is 3.36. The van der Waals surface area contributed by atoms with Crippen molar-refractivity contribution < 1.29 is 4.79 Å². The Morgan fingerprint density at radius 1 is 1.47 bits per heavy atom. The molecule has 1 amide bonds. The number of aromatic nitrogens is 3. The van der Waals surface area contributed by atoms with Crippen LogP contribution in [0.4, 0.5) is 5.82 Å². The molecule has 2 rings (SSSR count). The summed E-state index contributed by atoms with van der Waals surface area (Å²) in [6.45, 7) is 4.58. The van der Waals surface area contributed by atoms with Crippen LogP contribution in [0, 0.1) is 6.92 Å². The standard InChI is InChI=1S/C13H15BrN4O/c1-4-18-8-10(14)12(16-18)13(19)17(3)11-7-5-6-9(2)15-11/h5-8H,4H2,1-3H3. The molecule has 19 heavy (non-hydrogen) atoms. The van der Waals surface area contributed by atoms with Gasteiger partial charge in [-0.3, -0.25) is 14.4 Å². The van der Waals surface area contributed by atoms with E-state index in [1.54, 1.807) is 24.0 Å². The zero-order valence-electron chi connectivity index (χ0n) is 11.1. The van der Waals surface area contributed by atoms with Crippen LogP contribution in [0.5, 0.6) is 0 Å². The third-order valence-electron chi connectivity index (χ3n) is 2.77. The molecule has 0 atom stereocenters. The van der Waals surface area contributed by atoms with Gasteiger partial charge in [-0.25, -0.2) is 4.98 Å². The zero-order valence-corrected chi connectivity index (χ0v) is 12.7. The molecule has 0 saturated carbocycles. The fourth-order valence-corrected chi connectivity index (χ4v) is 2.17. The van der Waals surface area contributed by atoms with E-state index in [0.29, 0.717) is 16.0 Å². The van der Waals surface area contributed by atoms with Crippen LogP contribution < -0.4 is 4.90 Å². The van der Waals surface area contributed by atoms with Crippen molar-refractivity contribution in [2.24, 2.45) is 0 Å². The third kappa shape index (κ3) is 2.84. The molecule has 0 aliphatic rings. The summed E-state index contributed by atoms with van der Waals surface area (Å²) in [6.07, 6.45) is 1.80. The Hall–Kier alpha value is -1.69. The predicted octanol–water partition coefficient (Wildman–Crippen LogP) is 2.65. The van der Waals surface area contributed by atoms with Crippen molar-refractivity contribution in [3.05, 3.63) is 40.3 Å². The highest BCUT2D eigenvalue weighted by atomic mass is 79.9. The fourth-order valence-electron chi connectivity index (χ4n) is 1.68. The molecule has 0 aliphatic carbocycles. The average molecular weight is 323 g/mol. The minimum absolute atomic E-state index is 0.183. The normalized spacial score (nSPS) is 10.5. The first-order valence-electron chi connectivity index (χ1n) is 5.97. The van der Waals surface area contributed by atoms with Crippen LogP contribution in [0.2, 0.25) is 0 Å².